The summed E-state index contributed by atoms with van der Waals surface area (Å²) in [5.41, 5.74) is 10.2. The third-order valence-corrected chi connectivity index (χ3v) is 8.39. The molecule has 10 N–H and O–H groups in total. The molecule has 46 heavy (non-hydrogen) atoms. The third kappa shape index (κ3) is 6.11. The number of halogens is 1. The van der Waals surface area contributed by atoms with E-state index in [0.29, 0.717) is 0 Å². The Bertz CT molecular complexity index is 1920. The number of aliphatic hydroxyl groups is 2. The van der Waals surface area contributed by atoms with E-state index >= 15 is 4.39 Å². The quantitative estimate of drug-likeness (QED) is 0.0765. The van der Waals surface area contributed by atoms with Crippen molar-refractivity contribution in [3.05, 3.63) is 23.0 Å². The van der Waals surface area contributed by atoms with E-state index < -0.39 is 83.6 Å². The Morgan fingerprint density at radius 3 is 2.43 bits per heavy atom. The maximum Gasteiger partial charge on any atom is 0.472 e. The predicted molar refractivity (Wildman–Crippen MR) is 143 cm³/mol. The van der Waals surface area contributed by atoms with Gasteiger partial charge in [-0.3, -0.25) is 27.9 Å². The number of aromatic nitrogens is 9. The van der Waals surface area contributed by atoms with Crippen molar-refractivity contribution >= 4 is 49.7 Å². The Hall–Kier alpha value is -3.58. The Morgan fingerprint density at radius 1 is 0.978 bits per heavy atom. The van der Waals surface area contributed by atoms with Crippen molar-refractivity contribution in [2.75, 3.05) is 24.7 Å². The van der Waals surface area contributed by atoms with Gasteiger partial charge >= 0.3 is 15.6 Å². The van der Waals surface area contributed by atoms with Gasteiger partial charge in [-0.15, -0.1) is 5.10 Å². The number of nitrogens with one attached hydrogen (secondary N) is 1. The molecular formula is C19H24FN11O13P2. The van der Waals surface area contributed by atoms with E-state index in [0.717, 1.165) is 21.9 Å². The van der Waals surface area contributed by atoms with Crippen LogP contribution in [0, 0.1) is 0 Å². The van der Waals surface area contributed by atoms with E-state index in [1.54, 1.807) is 0 Å². The number of nitrogen functional groups attached to an aromatic ring is 2. The zero-order valence-electron chi connectivity index (χ0n) is 22.7. The Kier molecular flexibility index (Phi) is 8.37. The number of H-pyrrole nitrogens is 1. The van der Waals surface area contributed by atoms with Crippen molar-refractivity contribution in [1.29, 1.82) is 0 Å². The molecule has 250 valence electrons. The maximum atomic E-state index is 15.8. The molecule has 27 heteroatoms. The largest absolute Gasteiger partial charge is 0.472 e. The Morgan fingerprint density at radius 2 is 1.70 bits per heavy atom. The molecule has 9 atom stereocenters. The molecule has 0 saturated carbocycles. The first-order chi connectivity index (χ1) is 21.6. The summed E-state index contributed by atoms with van der Waals surface area (Å²) in [5.74, 6) is -0.353. The summed E-state index contributed by atoms with van der Waals surface area (Å²) >= 11 is 0. The normalized spacial score (nSPS) is 30.0. The van der Waals surface area contributed by atoms with Crippen LogP contribution in [0.25, 0.3) is 22.3 Å². The molecule has 2 aliphatic rings. The first kappa shape index (κ1) is 32.4. The molecule has 6 heterocycles. The minimum Gasteiger partial charge on any atom is -0.387 e. The average Bonchev–Trinajstić information content (AvgIpc) is 3.73. The van der Waals surface area contributed by atoms with Gasteiger partial charge in [0.25, 0.3) is 5.56 Å². The highest BCUT2D eigenvalue weighted by Gasteiger charge is 2.52. The fourth-order valence-electron chi connectivity index (χ4n) is 4.85. The molecule has 0 bridgehead atoms. The van der Waals surface area contributed by atoms with E-state index in [-0.39, 0.29) is 34.1 Å². The highest BCUT2D eigenvalue weighted by molar-refractivity contribution is 7.47. The van der Waals surface area contributed by atoms with E-state index in [1.165, 1.54) is 0 Å². The molecule has 2 fully saturated rings. The van der Waals surface area contributed by atoms with Crippen LogP contribution in [-0.2, 0) is 32.2 Å². The van der Waals surface area contributed by atoms with Crippen molar-refractivity contribution in [3.63, 3.8) is 0 Å². The lowest BCUT2D eigenvalue weighted by Gasteiger charge is -2.23. The number of nitrogens with zero attached hydrogens (tertiary/aromatic N) is 8. The summed E-state index contributed by atoms with van der Waals surface area (Å²) in [6, 6.07) is 0. The molecule has 4 aromatic rings. The van der Waals surface area contributed by atoms with Gasteiger partial charge in [-0.25, -0.2) is 28.5 Å². The highest BCUT2D eigenvalue weighted by Crippen LogP contribution is 2.50. The Labute approximate surface area is 252 Å². The minimum absolute atomic E-state index is 0.00187. The van der Waals surface area contributed by atoms with E-state index in [1.807, 2.05) is 0 Å². The van der Waals surface area contributed by atoms with Gasteiger partial charge in [0.1, 0.15) is 42.4 Å². The molecule has 4 aromatic heterocycles. The molecule has 6 rings (SSSR count). The second-order valence-corrected chi connectivity index (χ2v) is 12.6. The summed E-state index contributed by atoms with van der Waals surface area (Å²) in [4.78, 5) is 58.6. The first-order valence-corrected chi connectivity index (χ1v) is 15.9. The molecule has 0 spiro atoms. The number of alkyl halides is 1. The second kappa shape index (κ2) is 11.9. The zero-order valence-corrected chi connectivity index (χ0v) is 24.5. The summed E-state index contributed by atoms with van der Waals surface area (Å²) in [6.45, 7) is -1.92. The Balaban J connectivity index is 1.18. The number of phosphoric acid groups is 2. The summed E-state index contributed by atoms with van der Waals surface area (Å²) in [6.07, 6.45) is -12.1. The van der Waals surface area contributed by atoms with Crippen LogP contribution >= 0.6 is 15.6 Å². The molecule has 0 radical (unpaired) electrons. The van der Waals surface area contributed by atoms with Gasteiger partial charge in [0.2, 0.25) is 5.95 Å². The SMILES string of the molecule is Nc1nc2c(nnn2[C@@H]2O[C@H](COP(=O)(O)O[C@H]3[C@@H](F)[C@H](n4cnc5c(N)ncnc54)O[C@@H]3COP(=O)(O)O)[C@@H](O)[C@H]2O)c(=O)[nH]1. The van der Waals surface area contributed by atoms with E-state index in [9.17, 15) is 29.0 Å². The van der Waals surface area contributed by atoms with E-state index in [2.05, 4.69) is 39.8 Å². The van der Waals surface area contributed by atoms with Crippen LogP contribution in [0.1, 0.15) is 12.5 Å². The second-order valence-electron chi connectivity index (χ2n) is 9.92. The van der Waals surface area contributed by atoms with Gasteiger partial charge < -0.3 is 45.8 Å². The zero-order chi connectivity index (χ0) is 33.1. The first-order valence-electron chi connectivity index (χ1n) is 12.8. The molecule has 1 unspecified atom stereocenters. The number of fused-ring (bicyclic) bond motifs is 2. The molecule has 2 saturated heterocycles. The molecule has 0 aliphatic carbocycles. The number of hydrogen-bond donors (Lipinski definition) is 8. The van der Waals surface area contributed by atoms with Crippen LogP contribution in [-0.4, -0.2) is 119 Å². The number of rotatable bonds is 10. The van der Waals surface area contributed by atoms with Gasteiger partial charge in [-0.1, -0.05) is 5.21 Å². The lowest BCUT2D eigenvalue weighted by atomic mass is 10.1. The van der Waals surface area contributed by atoms with Gasteiger partial charge in [0.15, 0.2) is 41.3 Å². The van der Waals surface area contributed by atoms with Crippen molar-refractivity contribution in [3.8, 4) is 0 Å². The summed E-state index contributed by atoms with van der Waals surface area (Å²) < 4.78 is 67.5. The maximum absolute atomic E-state index is 15.8. The van der Waals surface area contributed by atoms with Crippen molar-refractivity contribution in [2.45, 2.75) is 49.1 Å². The van der Waals surface area contributed by atoms with Crippen molar-refractivity contribution in [2.24, 2.45) is 0 Å². The number of aromatic amines is 1. The number of ether oxygens (including phenoxy) is 2. The van der Waals surface area contributed by atoms with Gasteiger partial charge in [0, 0.05) is 0 Å². The summed E-state index contributed by atoms with van der Waals surface area (Å²) in [7, 11) is -10.4. The molecule has 0 aromatic carbocycles. The van der Waals surface area contributed by atoms with Crippen LogP contribution in [0.3, 0.4) is 0 Å². The van der Waals surface area contributed by atoms with Gasteiger partial charge in [-0.05, 0) is 0 Å². The lowest BCUT2D eigenvalue weighted by molar-refractivity contribution is -0.0624. The predicted octanol–water partition coefficient (Wildman–Crippen LogP) is -3.01. The fourth-order valence-corrected chi connectivity index (χ4v) is 6.15. The standard InChI is InChI=1S/C19H24FN11O13P2/c20-7-12(6(2-40-45(35,36)37)43-17(7)30-4-25-8-13(21)23-3-24-14(8)30)44-46(38,39)41-1-5-10(32)11(33)18(42-5)31-15-9(28-29-31)16(34)27-19(22)26-15/h3-7,10-12,17-18,32-33H,1-2H2,(H,38,39)(H2,21,23,24)(H2,35,36,37)(H3,22,26,27,34)/t5-,6-,7-,10-,11-,12-,17-,18-/m1/s1. The van der Waals surface area contributed by atoms with Crippen molar-refractivity contribution < 1.29 is 61.5 Å². The van der Waals surface area contributed by atoms with Crippen LogP contribution in [0.15, 0.2) is 17.4 Å². The number of anilines is 2. The average molecular weight is 695 g/mol. The molecule has 2 aliphatic heterocycles. The van der Waals surface area contributed by atoms with Crippen LogP contribution in [0.4, 0.5) is 16.2 Å². The number of hydrogen-bond acceptors (Lipinski definition) is 18. The molecule has 24 nitrogen and oxygen atoms in total. The monoisotopic (exact) mass is 695 g/mol. The number of imidazole rings is 1. The van der Waals surface area contributed by atoms with Crippen LogP contribution in [0.5, 0.6) is 0 Å². The van der Waals surface area contributed by atoms with Crippen LogP contribution in [0.2, 0.25) is 0 Å². The number of aliphatic hydroxyl groups excluding tert-OH is 2. The smallest absolute Gasteiger partial charge is 0.387 e. The minimum atomic E-state index is -5.29. The lowest BCUT2D eigenvalue weighted by Crippen LogP contribution is -2.35. The fraction of sp³-hybridized carbons (Fsp3) is 0.526. The number of phosphoric ester groups is 2. The molecular weight excluding hydrogens is 671 g/mol. The topological polar surface area (TPSA) is 354 Å². The third-order valence-electron chi connectivity index (χ3n) is 6.92. The number of nitrogens with two attached hydrogens (primary N) is 2. The molecule has 0 amide bonds. The van der Waals surface area contributed by atoms with Gasteiger partial charge in [-0.2, -0.15) is 9.67 Å². The van der Waals surface area contributed by atoms with Crippen molar-refractivity contribution in [1.82, 2.24) is 44.5 Å². The highest BCUT2D eigenvalue weighted by atomic mass is 31.2. The van der Waals surface area contributed by atoms with Crippen LogP contribution < -0.4 is 17.0 Å². The summed E-state index contributed by atoms with van der Waals surface area (Å²) in [5, 5.41) is 28.4. The van der Waals surface area contributed by atoms with Gasteiger partial charge in [0.05, 0.1) is 19.5 Å². The van der Waals surface area contributed by atoms with E-state index in [4.69, 9.17) is 39.8 Å².